The molecule has 2 unspecified atom stereocenters. The number of hydrogen-bond acceptors (Lipinski definition) is 3. The summed E-state index contributed by atoms with van der Waals surface area (Å²) in [5, 5.41) is 0. The highest BCUT2D eigenvalue weighted by Gasteiger charge is 2.34. The summed E-state index contributed by atoms with van der Waals surface area (Å²) in [6.07, 6.45) is 0.985. The molecule has 96 valence electrons. The largest absolute Gasteiger partial charge is 0.496 e. The van der Waals surface area contributed by atoms with Crippen LogP contribution < -0.4 is 10.5 Å². The van der Waals surface area contributed by atoms with Gasteiger partial charge in [-0.05, 0) is 33.5 Å². The number of rotatable bonds is 5. The van der Waals surface area contributed by atoms with Crippen molar-refractivity contribution >= 4 is 0 Å². The van der Waals surface area contributed by atoms with Gasteiger partial charge in [-0.2, -0.15) is 0 Å². The predicted octanol–water partition coefficient (Wildman–Crippen LogP) is 2.43. The topological polar surface area (TPSA) is 38.5 Å². The number of methoxy groups -OCH3 is 1. The molecule has 0 fully saturated rings. The minimum absolute atomic E-state index is 0.0707. The maximum Gasteiger partial charge on any atom is 0.123 e. The van der Waals surface area contributed by atoms with Gasteiger partial charge in [0.2, 0.25) is 0 Å². The van der Waals surface area contributed by atoms with Crippen LogP contribution >= 0.6 is 0 Å². The van der Waals surface area contributed by atoms with Gasteiger partial charge < -0.3 is 15.4 Å². The first kappa shape index (κ1) is 14.0. The van der Waals surface area contributed by atoms with Crippen molar-refractivity contribution in [3.63, 3.8) is 0 Å². The van der Waals surface area contributed by atoms with Crippen molar-refractivity contribution in [2.75, 3.05) is 21.2 Å². The van der Waals surface area contributed by atoms with Crippen LogP contribution in [0.5, 0.6) is 5.75 Å². The van der Waals surface area contributed by atoms with E-state index in [1.807, 2.05) is 24.3 Å². The van der Waals surface area contributed by atoms with Crippen molar-refractivity contribution in [3.8, 4) is 5.75 Å². The van der Waals surface area contributed by atoms with Crippen LogP contribution in [0.2, 0.25) is 0 Å². The van der Waals surface area contributed by atoms with Crippen molar-refractivity contribution in [2.45, 2.75) is 31.8 Å². The van der Waals surface area contributed by atoms with Crippen molar-refractivity contribution in [3.05, 3.63) is 29.8 Å². The molecule has 0 saturated heterocycles. The second-order valence-electron chi connectivity index (χ2n) is 4.82. The van der Waals surface area contributed by atoms with Gasteiger partial charge in [0.15, 0.2) is 0 Å². The first-order valence-corrected chi connectivity index (χ1v) is 6.03. The van der Waals surface area contributed by atoms with Gasteiger partial charge >= 0.3 is 0 Å². The fourth-order valence-corrected chi connectivity index (χ4v) is 2.07. The highest BCUT2D eigenvalue weighted by molar-refractivity contribution is 5.37. The second kappa shape index (κ2) is 5.52. The monoisotopic (exact) mass is 236 g/mol. The smallest absolute Gasteiger partial charge is 0.123 e. The summed E-state index contributed by atoms with van der Waals surface area (Å²) >= 11 is 0. The van der Waals surface area contributed by atoms with E-state index in [-0.39, 0.29) is 11.6 Å². The van der Waals surface area contributed by atoms with E-state index in [1.165, 1.54) is 0 Å². The van der Waals surface area contributed by atoms with Crippen LogP contribution in [-0.2, 0) is 0 Å². The third-order valence-corrected chi connectivity index (χ3v) is 3.88. The van der Waals surface area contributed by atoms with E-state index in [0.717, 1.165) is 17.7 Å². The first-order chi connectivity index (χ1) is 7.97. The van der Waals surface area contributed by atoms with E-state index in [4.69, 9.17) is 10.5 Å². The molecule has 0 aliphatic rings. The lowest BCUT2D eigenvalue weighted by Gasteiger charge is -2.41. The Bertz CT molecular complexity index is 365. The SMILES string of the molecule is CCC(C)(C(N)c1ccccc1OC)N(C)C. The molecule has 0 spiro atoms. The third-order valence-electron chi connectivity index (χ3n) is 3.88. The average Bonchev–Trinajstić information content (AvgIpc) is 2.36. The molecule has 0 aromatic heterocycles. The van der Waals surface area contributed by atoms with E-state index >= 15 is 0 Å². The highest BCUT2D eigenvalue weighted by Crippen LogP contribution is 2.35. The summed E-state index contributed by atoms with van der Waals surface area (Å²) in [6.45, 7) is 4.35. The fourth-order valence-electron chi connectivity index (χ4n) is 2.07. The number of benzene rings is 1. The van der Waals surface area contributed by atoms with Gasteiger partial charge in [0.25, 0.3) is 0 Å². The third kappa shape index (κ3) is 2.61. The predicted molar refractivity (Wildman–Crippen MR) is 72.3 cm³/mol. The normalized spacial score (nSPS) is 16.6. The number of para-hydroxylation sites is 1. The molecule has 2 atom stereocenters. The molecule has 0 saturated carbocycles. The van der Waals surface area contributed by atoms with E-state index in [9.17, 15) is 0 Å². The summed E-state index contributed by atoms with van der Waals surface area (Å²) in [7, 11) is 5.82. The summed E-state index contributed by atoms with van der Waals surface area (Å²) < 4.78 is 5.39. The second-order valence-corrected chi connectivity index (χ2v) is 4.82. The molecule has 3 nitrogen and oxygen atoms in total. The van der Waals surface area contributed by atoms with Crippen molar-refractivity contribution in [1.29, 1.82) is 0 Å². The number of nitrogens with two attached hydrogens (primary N) is 1. The Morgan fingerprint density at radius 1 is 1.35 bits per heavy atom. The zero-order valence-electron chi connectivity index (χ0n) is 11.5. The number of nitrogens with zero attached hydrogens (tertiary/aromatic N) is 1. The van der Waals surface area contributed by atoms with E-state index in [1.54, 1.807) is 7.11 Å². The molecule has 17 heavy (non-hydrogen) atoms. The van der Waals surface area contributed by atoms with Crippen LogP contribution in [0.15, 0.2) is 24.3 Å². The summed E-state index contributed by atoms with van der Waals surface area (Å²) in [4.78, 5) is 2.18. The van der Waals surface area contributed by atoms with Gasteiger partial charge in [-0.3, -0.25) is 0 Å². The average molecular weight is 236 g/mol. The number of likely N-dealkylation sites (N-methyl/N-ethyl adjacent to an activating group) is 1. The Labute approximate surface area is 105 Å². The summed E-state index contributed by atoms with van der Waals surface area (Å²) in [5.41, 5.74) is 7.43. The molecule has 0 heterocycles. The Balaban J connectivity index is 3.14. The van der Waals surface area contributed by atoms with Gasteiger partial charge in [0.05, 0.1) is 13.2 Å². The van der Waals surface area contributed by atoms with Crippen molar-refractivity contribution in [1.82, 2.24) is 4.90 Å². The van der Waals surface area contributed by atoms with E-state index < -0.39 is 0 Å². The van der Waals surface area contributed by atoms with Gasteiger partial charge in [0.1, 0.15) is 5.75 Å². The fraction of sp³-hybridized carbons (Fsp3) is 0.571. The van der Waals surface area contributed by atoms with Crippen LogP contribution in [0.3, 0.4) is 0 Å². The van der Waals surface area contributed by atoms with Crippen LogP contribution in [0.25, 0.3) is 0 Å². The number of hydrogen-bond donors (Lipinski definition) is 1. The Hall–Kier alpha value is -1.06. The molecule has 0 amide bonds. The molecule has 3 heteroatoms. The van der Waals surface area contributed by atoms with Crippen LogP contribution in [0.4, 0.5) is 0 Å². The molecule has 0 bridgehead atoms. The Kier molecular flexibility index (Phi) is 4.54. The zero-order chi connectivity index (χ0) is 13.1. The molecule has 1 aromatic carbocycles. The van der Waals surface area contributed by atoms with E-state index in [2.05, 4.69) is 32.8 Å². The molecule has 1 aromatic rings. The van der Waals surface area contributed by atoms with Crippen LogP contribution in [0.1, 0.15) is 31.9 Å². The minimum atomic E-state index is -0.0748. The zero-order valence-corrected chi connectivity index (χ0v) is 11.5. The molecule has 2 N–H and O–H groups in total. The molecule has 1 rings (SSSR count). The molecule has 0 aliphatic carbocycles. The quantitative estimate of drug-likeness (QED) is 0.853. The maximum atomic E-state index is 6.44. The van der Waals surface area contributed by atoms with Crippen molar-refractivity contribution < 1.29 is 4.74 Å². The Morgan fingerprint density at radius 2 is 1.94 bits per heavy atom. The first-order valence-electron chi connectivity index (χ1n) is 6.03. The number of ether oxygens (including phenoxy) is 1. The Morgan fingerprint density at radius 3 is 2.41 bits per heavy atom. The minimum Gasteiger partial charge on any atom is -0.496 e. The highest BCUT2D eigenvalue weighted by atomic mass is 16.5. The van der Waals surface area contributed by atoms with Crippen LogP contribution in [-0.4, -0.2) is 31.6 Å². The lowest BCUT2D eigenvalue weighted by atomic mass is 9.84. The van der Waals surface area contributed by atoms with Gasteiger partial charge in [-0.1, -0.05) is 25.1 Å². The summed E-state index contributed by atoms with van der Waals surface area (Å²) in [6, 6.07) is 7.90. The molecule has 0 aliphatic heterocycles. The lowest BCUT2D eigenvalue weighted by molar-refractivity contribution is 0.130. The summed E-state index contributed by atoms with van der Waals surface area (Å²) in [5.74, 6) is 0.863. The standard InChI is InChI=1S/C14H24N2O/c1-6-14(2,16(3)4)13(15)11-9-7-8-10-12(11)17-5/h7-10,13H,6,15H2,1-5H3. The molecular formula is C14H24N2O. The molecule has 0 radical (unpaired) electrons. The molecular weight excluding hydrogens is 212 g/mol. The van der Waals surface area contributed by atoms with Gasteiger partial charge in [0, 0.05) is 11.1 Å². The van der Waals surface area contributed by atoms with Gasteiger partial charge in [-0.25, -0.2) is 0 Å². The van der Waals surface area contributed by atoms with Crippen LogP contribution in [0, 0.1) is 0 Å². The van der Waals surface area contributed by atoms with E-state index in [0.29, 0.717) is 0 Å². The van der Waals surface area contributed by atoms with Crippen molar-refractivity contribution in [2.24, 2.45) is 5.73 Å². The van der Waals surface area contributed by atoms with Gasteiger partial charge in [-0.15, -0.1) is 0 Å². The lowest BCUT2D eigenvalue weighted by Crippen LogP contribution is -2.49. The maximum absolute atomic E-state index is 6.44.